The van der Waals surface area contributed by atoms with Crippen LogP contribution in [0.5, 0.6) is 0 Å². The van der Waals surface area contributed by atoms with Crippen LogP contribution in [0, 0.1) is 13.8 Å². The topological polar surface area (TPSA) is 17.0 Å². The van der Waals surface area contributed by atoms with Crippen LogP contribution in [0.15, 0.2) is 6.07 Å². The highest BCUT2D eigenvalue weighted by atomic mass is 15.0. The van der Waals surface area contributed by atoms with Crippen LogP contribution in [0.25, 0.3) is 0 Å². The molecule has 0 amide bonds. The van der Waals surface area contributed by atoms with Crippen LogP contribution in [-0.2, 0) is 13.6 Å². The number of hydrogen-bond donors (Lipinski definition) is 1. The molecule has 0 saturated heterocycles. The van der Waals surface area contributed by atoms with Gasteiger partial charge in [-0.1, -0.05) is 20.8 Å². The zero-order valence-corrected chi connectivity index (χ0v) is 12.4. The predicted molar refractivity (Wildman–Crippen MR) is 75.3 cm³/mol. The average Bonchev–Trinajstić information content (AvgIpc) is 2.59. The third-order valence-electron chi connectivity index (χ3n) is 4.56. The lowest BCUT2D eigenvalue weighted by Crippen LogP contribution is -2.43. The summed E-state index contributed by atoms with van der Waals surface area (Å²) in [5.41, 5.74) is 4.47. The number of aryl methyl sites for hydroxylation is 1. The van der Waals surface area contributed by atoms with Crippen LogP contribution >= 0.6 is 0 Å². The maximum atomic E-state index is 3.77. The lowest BCUT2D eigenvalue weighted by molar-refractivity contribution is 0.288. The highest BCUT2D eigenvalue weighted by molar-refractivity contribution is 5.26. The molecule has 98 valence electrons. The first-order chi connectivity index (χ1) is 7.99. The maximum absolute atomic E-state index is 3.77. The van der Waals surface area contributed by atoms with Gasteiger partial charge in [-0.05, 0) is 44.7 Å². The quantitative estimate of drug-likeness (QED) is 0.797. The third-order valence-corrected chi connectivity index (χ3v) is 4.56. The molecule has 0 spiro atoms. The Kier molecular flexibility index (Phi) is 4.81. The molecule has 0 aliphatic heterocycles. The normalized spacial score (nSPS) is 12.1. The van der Waals surface area contributed by atoms with E-state index in [1.807, 2.05) is 0 Å². The highest BCUT2D eigenvalue weighted by Crippen LogP contribution is 2.21. The first-order valence-corrected chi connectivity index (χ1v) is 6.86. The second kappa shape index (κ2) is 5.72. The minimum Gasteiger partial charge on any atom is -0.352 e. The summed E-state index contributed by atoms with van der Waals surface area (Å²) in [5, 5.41) is 3.77. The largest absolute Gasteiger partial charge is 0.352 e. The Morgan fingerprint density at radius 3 is 2.00 bits per heavy atom. The second-order valence-electron chi connectivity index (χ2n) is 5.15. The predicted octanol–water partition coefficient (Wildman–Crippen LogP) is 3.70. The minimum absolute atomic E-state index is 0.316. The molecule has 0 aliphatic carbocycles. The van der Waals surface area contributed by atoms with E-state index < -0.39 is 0 Å². The van der Waals surface area contributed by atoms with Crippen molar-refractivity contribution in [1.29, 1.82) is 0 Å². The van der Waals surface area contributed by atoms with Crippen LogP contribution in [0.4, 0.5) is 0 Å². The highest BCUT2D eigenvalue weighted by Gasteiger charge is 2.23. The molecule has 1 rings (SSSR count). The van der Waals surface area contributed by atoms with Crippen molar-refractivity contribution in [1.82, 2.24) is 9.88 Å². The van der Waals surface area contributed by atoms with Crippen molar-refractivity contribution in [3.8, 4) is 0 Å². The van der Waals surface area contributed by atoms with Gasteiger partial charge in [0.25, 0.3) is 0 Å². The number of nitrogens with zero attached hydrogens (tertiary/aromatic N) is 1. The Balaban J connectivity index is 2.75. The van der Waals surface area contributed by atoms with Gasteiger partial charge < -0.3 is 9.88 Å². The van der Waals surface area contributed by atoms with Crippen molar-refractivity contribution in [3.05, 3.63) is 23.0 Å². The SMILES string of the molecule is CCC(CC)(CC)NCc1cc(C)n(C)c1C. The summed E-state index contributed by atoms with van der Waals surface area (Å²) >= 11 is 0. The van der Waals surface area contributed by atoms with Gasteiger partial charge in [-0.3, -0.25) is 0 Å². The Labute approximate surface area is 106 Å². The summed E-state index contributed by atoms with van der Waals surface area (Å²) < 4.78 is 2.27. The fourth-order valence-electron chi connectivity index (χ4n) is 2.52. The molecule has 0 radical (unpaired) electrons. The van der Waals surface area contributed by atoms with Gasteiger partial charge in [0.1, 0.15) is 0 Å². The van der Waals surface area contributed by atoms with Crippen molar-refractivity contribution in [2.45, 2.75) is 66.0 Å². The fourth-order valence-corrected chi connectivity index (χ4v) is 2.52. The standard InChI is InChI=1S/C15H28N2/c1-7-15(8-2,9-3)16-11-14-10-12(4)17(6)13(14)5/h10,16H,7-9,11H2,1-6H3. The van der Waals surface area contributed by atoms with Crippen LogP contribution < -0.4 is 5.32 Å². The second-order valence-corrected chi connectivity index (χ2v) is 5.15. The van der Waals surface area contributed by atoms with Gasteiger partial charge in [0, 0.05) is 30.5 Å². The molecule has 0 aromatic carbocycles. The van der Waals surface area contributed by atoms with E-state index in [4.69, 9.17) is 0 Å². The Bertz CT molecular complexity index is 351. The monoisotopic (exact) mass is 236 g/mol. The number of hydrogen-bond acceptors (Lipinski definition) is 1. The number of rotatable bonds is 6. The van der Waals surface area contributed by atoms with E-state index in [1.54, 1.807) is 0 Å². The third kappa shape index (κ3) is 2.92. The summed E-state index contributed by atoms with van der Waals surface area (Å²) in [6, 6.07) is 2.30. The summed E-state index contributed by atoms with van der Waals surface area (Å²) in [6.45, 7) is 12.2. The zero-order valence-electron chi connectivity index (χ0n) is 12.4. The van der Waals surface area contributed by atoms with E-state index in [0.717, 1.165) is 6.54 Å². The molecule has 0 atom stereocenters. The molecule has 1 N–H and O–H groups in total. The summed E-state index contributed by atoms with van der Waals surface area (Å²) in [5.74, 6) is 0. The fraction of sp³-hybridized carbons (Fsp3) is 0.733. The number of nitrogens with one attached hydrogen (secondary N) is 1. The molecule has 0 bridgehead atoms. The molecular formula is C15H28N2. The van der Waals surface area contributed by atoms with Crippen LogP contribution in [0.3, 0.4) is 0 Å². The van der Waals surface area contributed by atoms with E-state index in [0.29, 0.717) is 5.54 Å². The molecular weight excluding hydrogens is 208 g/mol. The Hall–Kier alpha value is -0.760. The van der Waals surface area contributed by atoms with Gasteiger partial charge >= 0.3 is 0 Å². The van der Waals surface area contributed by atoms with Crippen LogP contribution in [0.1, 0.15) is 57.0 Å². The van der Waals surface area contributed by atoms with Crippen LogP contribution in [0.2, 0.25) is 0 Å². The number of aromatic nitrogens is 1. The molecule has 1 aromatic rings. The maximum Gasteiger partial charge on any atom is 0.0228 e. The van der Waals surface area contributed by atoms with Crippen molar-refractivity contribution < 1.29 is 0 Å². The molecule has 0 saturated carbocycles. The zero-order chi connectivity index (χ0) is 13.1. The smallest absolute Gasteiger partial charge is 0.0228 e. The van der Waals surface area contributed by atoms with Crippen molar-refractivity contribution >= 4 is 0 Å². The van der Waals surface area contributed by atoms with Gasteiger partial charge in [-0.25, -0.2) is 0 Å². The van der Waals surface area contributed by atoms with Gasteiger partial charge in [0.05, 0.1) is 0 Å². The van der Waals surface area contributed by atoms with Gasteiger partial charge in [-0.2, -0.15) is 0 Å². The van der Waals surface area contributed by atoms with E-state index in [9.17, 15) is 0 Å². The van der Waals surface area contributed by atoms with Gasteiger partial charge in [-0.15, -0.1) is 0 Å². The lowest BCUT2D eigenvalue weighted by atomic mass is 9.89. The molecule has 2 nitrogen and oxygen atoms in total. The summed E-state index contributed by atoms with van der Waals surface area (Å²) in [7, 11) is 2.14. The Morgan fingerprint density at radius 2 is 1.65 bits per heavy atom. The van der Waals surface area contributed by atoms with Gasteiger partial charge in [0.2, 0.25) is 0 Å². The lowest BCUT2D eigenvalue weighted by Gasteiger charge is -2.32. The van der Waals surface area contributed by atoms with E-state index in [2.05, 4.69) is 57.6 Å². The summed E-state index contributed by atoms with van der Waals surface area (Å²) in [6.07, 6.45) is 3.60. The molecule has 0 unspecified atom stereocenters. The van der Waals surface area contributed by atoms with Crippen molar-refractivity contribution in [2.24, 2.45) is 7.05 Å². The average molecular weight is 236 g/mol. The molecule has 0 aliphatic rings. The van der Waals surface area contributed by atoms with Crippen molar-refractivity contribution in [2.75, 3.05) is 0 Å². The van der Waals surface area contributed by atoms with E-state index in [1.165, 1.54) is 36.2 Å². The molecule has 17 heavy (non-hydrogen) atoms. The Morgan fingerprint density at radius 1 is 1.12 bits per heavy atom. The molecule has 0 fully saturated rings. The first kappa shape index (κ1) is 14.3. The first-order valence-electron chi connectivity index (χ1n) is 6.86. The van der Waals surface area contributed by atoms with Crippen LogP contribution in [-0.4, -0.2) is 10.1 Å². The summed E-state index contributed by atoms with van der Waals surface area (Å²) in [4.78, 5) is 0. The van der Waals surface area contributed by atoms with Gasteiger partial charge in [0.15, 0.2) is 0 Å². The molecule has 2 heteroatoms. The van der Waals surface area contributed by atoms with E-state index >= 15 is 0 Å². The molecule has 1 aromatic heterocycles. The van der Waals surface area contributed by atoms with E-state index in [-0.39, 0.29) is 0 Å². The minimum atomic E-state index is 0.316. The van der Waals surface area contributed by atoms with Crippen molar-refractivity contribution in [3.63, 3.8) is 0 Å². The molecule has 1 heterocycles.